The zero-order valence-corrected chi connectivity index (χ0v) is 12.2. The monoisotopic (exact) mass is 324 g/mol. The van der Waals surface area contributed by atoms with Gasteiger partial charge in [0, 0.05) is 5.33 Å². The molecular weight excluding hydrogens is 312 g/mol. The summed E-state index contributed by atoms with van der Waals surface area (Å²) in [5, 5.41) is 0.911. The molecule has 2 aromatic rings. The van der Waals surface area contributed by atoms with Gasteiger partial charge >= 0.3 is 0 Å². The number of hydrogen-bond donors (Lipinski definition) is 0. The van der Waals surface area contributed by atoms with E-state index in [2.05, 4.69) is 15.9 Å². The third-order valence-corrected chi connectivity index (χ3v) is 3.49. The highest BCUT2D eigenvalue weighted by atomic mass is 79.9. The minimum atomic E-state index is 0.0173. The molecule has 3 heteroatoms. The summed E-state index contributed by atoms with van der Waals surface area (Å²) in [6, 6.07) is 17.7. The molecule has 0 aliphatic rings. The van der Waals surface area contributed by atoms with Crippen molar-refractivity contribution < 1.29 is 4.74 Å². The van der Waals surface area contributed by atoms with Gasteiger partial charge in [0.05, 0.1) is 5.38 Å². The molecule has 0 amide bonds. The second-order valence-electron chi connectivity index (χ2n) is 3.93. The topological polar surface area (TPSA) is 9.23 Å². The highest BCUT2D eigenvalue weighted by Gasteiger charge is 2.08. The molecule has 0 fully saturated rings. The molecule has 0 aliphatic heterocycles. The zero-order chi connectivity index (χ0) is 12.8. The second kappa shape index (κ2) is 6.81. The van der Waals surface area contributed by atoms with E-state index in [1.165, 1.54) is 0 Å². The summed E-state index contributed by atoms with van der Waals surface area (Å²) in [6.45, 7) is 0. The predicted octanol–water partition coefficient (Wildman–Crippen LogP) is 5.54. The molecule has 0 saturated heterocycles. The highest BCUT2D eigenvalue weighted by molar-refractivity contribution is 9.09. The van der Waals surface area contributed by atoms with Gasteiger partial charge in [0.2, 0.25) is 0 Å². The Hall–Kier alpha value is -0.990. The Balaban J connectivity index is 2.12. The van der Waals surface area contributed by atoms with Crippen molar-refractivity contribution in [3.8, 4) is 11.5 Å². The number of halogens is 2. The number of para-hydroxylation sites is 1. The number of hydrogen-bond acceptors (Lipinski definition) is 1. The molecule has 1 atom stereocenters. The SMILES string of the molecule is ClC(CCBr)c1cccc(Oc2ccccc2)c1. The number of ether oxygens (including phenoxy) is 1. The lowest BCUT2D eigenvalue weighted by atomic mass is 10.1. The molecule has 0 aromatic heterocycles. The van der Waals surface area contributed by atoms with E-state index in [1.807, 2.05) is 54.6 Å². The molecule has 2 rings (SSSR count). The van der Waals surface area contributed by atoms with Crippen LogP contribution in [0.15, 0.2) is 54.6 Å². The smallest absolute Gasteiger partial charge is 0.127 e. The van der Waals surface area contributed by atoms with Gasteiger partial charge in [-0.3, -0.25) is 0 Å². The summed E-state index contributed by atoms with van der Waals surface area (Å²) < 4.78 is 5.78. The van der Waals surface area contributed by atoms with Gasteiger partial charge in [0.25, 0.3) is 0 Å². The van der Waals surface area contributed by atoms with Crippen LogP contribution in [0.5, 0.6) is 11.5 Å². The first-order valence-electron chi connectivity index (χ1n) is 5.82. The van der Waals surface area contributed by atoms with Crippen LogP contribution in [-0.4, -0.2) is 5.33 Å². The summed E-state index contributed by atoms with van der Waals surface area (Å²) in [5.74, 6) is 1.65. The largest absolute Gasteiger partial charge is 0.457 e. The van der Waals surface area contributed by atoms with E-state index in [4.69, 9.17) is 16.3 Å². The molecule has 0 spiro atoms. The number of alkyl halides is 2. The third kappa shape index (κ3) is 3.76. The quantitative estimate of drug-likeness (QED) is 0.655. The first-order chi connectivity index (χ1) is 8.79. The number of benzene rings is 2. The van der Waals surface area contributed by atoms with Crippen molar-refractivity contribution in [3.05, 3.63) is 60.2 Å². The Morgan fingerprint density at radius 1 is 1.00 bits per heavy atom. The van der Waals surface area contributed by atoms with Crippen molar-refractivity contribution in [3.63, 3.8) is 0 Å². The van der Waals surface area contributed by atoms with E-state index >= 15 is 0 Å². The average molecular weight is 326 g/mol. The minimum Gasteiger partial charge on any atom is -0.457 e. The molecule has 0 bridgehead atoms. The van der Waals surface area contributed by atoms with Crippen molar-refractivity contribution in [2.24, 2.45) is 0 Å². The van der Waals surface area contributed by atoms with Crippen molar-refractivity contribution >= 4 is 27.5 Å². The Morgan fingerprint density at radius 2 is 1.72 bits per heavy atom. The van der Waals surface area contributed by atoms with Gasteiger partial charge in [0.1, 0.15) is 11.5 Å². The van der Waals surface area contributed by atoms with Gasteiger partial charge in [-0.1, -0.05) is 46.3 Å². The van der Waals surface area contributed by atoms with Gasteiger partial charge in [-0.15, -0.1) is 11.6 Å². The molecule has 0 radical (unpaired) electrons. The van der Waals surface area contributed by atoms with Gasteiger partial charge in [-0.2, -0.15) is 0 Å². The van der Waals surface area contributed by atoms with Crippen molar-refractivity contribution in [1.29, 1.82) is 0 Å². The fraction of sp³-hybridized carbons (Fsp3) is 0.200. The predicted molar refractivity (Wildman–Crippen MR) is 80.0 cm³/mol. The van der Waals surface area contributed by atoms with E-state index in [-0.39, 0.29) is 5.38 Å². The summed E-state index contributed by atoms with van der Waals surface area (Å²) >= 11 is 9.70. The molecule has 1 unspecified atom stereocenters. The molecule has 2 aromatic carbocycles. The van der Waals surface area contributed by atoms with Crippen LogP contribution in [0.4, 0.5) is 0 Å². The van der Waals surface area contributed by atoms with E-state index in [0.717, 1.165) is 28.8 Å². The Kier molecular flexibility index (Phi) is 5.09. The second-order valence-corrected chi connectivity index (χ2v) is 5.25. The minimum absolute atomic E-state index is 0.0173. The van der Waals surface area contributed by atoms with Crippen LogP contribution < -0.4 is 4.74 Å². The van der Waals surface area contributed by atoms with E-state index in [9.17, 15) is 0 Å². The molecular formula is C15H14BrClO. The van der Waals surface area contributed by atoms with Crippen molar-refractivity contribution in [2.75, 3.05) is 5.33 Å². The van der Waals surface area contributed by atoms with Crippen LogP contribution in [0.2, 0.25) is 0 Å². The first kappa shape index (κ1) is 13.4. The summed E-state index contributed by atoms with van der Waals surface area (Å²) in [4.78, 5) is 0. The molecule has 94 valence electrons. The van der Waals surface area contributed by atoms with Crippen molar-refractivity contribution in [2.45, 2.75) is 11.8 Å². The van der Waals surface area contributed by atoms with Gasteiger partial charge in [-0.25, -0.2) is 0 Å². The first-order valence-corrected chi connectivity index (χ1v) is 7.38. The lowest BCUT2D eigenvalue weighted by molar-refractivity contribution is 0.482. The summed E-state index contributed by atoms with van der Waals surface area (Å²) in [7, 11) is 0. The molecule has 1 nitrogen and oxygen atoms in total. The van der Waals surface area contributed by atoms with E-state index in [1.54, 1.807) is 0 Å². The fourth-order valence-corrected chi connectivity index (χ4v) is 2.63. The van der Waals surface area contributed by atoms with Crippen LogP contribution in [0.1, 0.15) is 17.4 Å². The number of rotatable bonds is 5. The lowest BCUT2D eigenvalue weighted by Crippen LogP contribution is -1.92. The van der Waals surface area contributed by atoms with Crippen LogP contribution in [0.3, 0.4) is 0 Å². The molecule has 0 saturated carbocycles. The fourth-order valence-electron chi connectivity index (χ4n) is 1.66. The van der Waals surface area contributed by atoms with Crippen LogP contribution in [-0.2, 0) is 0 Å². The zero-order valence-electron chi connectivity index (χ0n) is 9.85. The maximum atomic E-state index is 6.30. The summed E-state index contributed by atoms with van der Waals surface area (Å²) in [6.07, 6.45) is 0.899. The van der Waals surface area contributed by atoms with Gasteiger partial charge < -0.3 is 4.74 Å². The standard InChI is InChI=1S/C15H14BrClO/c16-10-9-15(17)12-5-4-8-14(11-12)18-13-6-2-1-3-7-13/h1-8,11,15H,9-10H2. The lowest BCUT2D eigenvalue weighted by Gasteiger charge is -2.10. The van der Waals surface area contributed by atoms with Crippen LogP contribution >= 0.6 is 27.5 Å². The maximum absolute atomic E-state index is 6.30. The Bertz CT molecular complexity index is 487. The highest BCUT2D eigenvalue weighted by Crippen LogP contribution is 2.29. The average Bonchev–Trinajstić information content (AvgIpc) is 2.40. The Labute approximate surface area is 121 Å². The molecule has 0 aliphatic carbocycles. The summed E-state index contributed by atoms with van der Waals surface area (Å²) in [5.41, 5.74) is 1.09. The molecule has 0 heterocycles. The van der Waals surface area contributed by atoms with Crippen molar-refractivity contribution in [1.82, 2.24) is 0 Å². The van der Waals surface area contributed by atoms with Gasteiger partial charge in [0.15, 0.2) is 0 Å². The normalized spacial score (nSPS) is 12.1. The van der Waals surface area contributed by atoms with Gasteiger partial charge in [-0.05, 0) is 36.2 Å². The van der Waals surface area contributed by atoms with E-state index in [0.29, 0.717) is 0 Å². The van der Waals surface area contributed by atoms with Crippen LogP contribution in [0.25, 0.3) is 0 Å². The third-order valence-electron chi connectivity index (χ3n) is 2.56. The Morgan fingerprint density at radius 3 is 2.44 bits per heavy atom. The molecule has 18 heavy (non-hydrogen) atoms. The maximum Gasteiger partial charge on any atom is 0.127 e. The van der Waals surface area contributed by atoms with E-state index < -0.39 is 0 Å². The molecule has 0 N–H and O–H groups in total. The van der Waals surface area contributed by atoms with Crippen LogP contribution in [0, 0.1) is 0 Å².